The number of hydrogen-bond donors (Lipinski definition) is 1. The minimum atomic E-state index is 0.0975. The second kappa shape index (κ2) is 4.14. The van der Waals surface area contributed by atoms with Crippen molar-refractivity contribution >= 4 is 18.5 Å². The van der Waals surface area contributed by atoms with Crippen LogP contribution in [-0.4, -0.2) is 41.9 Å². The molecule has 12 heavy (non-hydrogen) atoms. The maximum absolute atomic E-state index is 11.3. The van der Waals surface area contributed by atoms with E-state index in [-0.39, 0.29) is 18.1 Å². The maximum atomic E-state index is 11.3. The van der Waals surface area contributed by atoms with Crippen LogP contribution in [0.1, 0.15) is 13.8 Å². The minimum Gasteiger partial charge on any atom is -0.372 e. The normalized spacial score (nSPS) is 30.4. The van der Waals surface area contributed by atoms with E-state index >= 15 is 0 Å². The number of ether oxygens (including phenoxy) is 1. The zero-order valence-electron chi connectivity index (χ0n) is 7.49. The first-order valence-corrected chi connectivity index (χ1v) is 4.81. The Morgan fingerprint density at radius 1 is 1.50 bits per heavy atom. The lowest BCUT2D eigenvalue weighted by atomic mass is 10.2. The van der Waals surface area contributed by atoms with Gasteiger partial charge in [-0.05, 0) is 13.8 Å². The van der Waals surface area contributed by atoms with Gasteiger partial charge in [0.15, 0.2) is 0 Å². The van der Waals surface area contributed by atoms with Gasteiger partial charge >= 0.3 is 0 Å². The van der Waals surface area contributed by atoms with Crippen LogP contribution in [0.25, 0.3) is 0 Å². The lowest BCUT2D eigenvalue weighted by Gasteiger charge is -2.35. The van der Waals surface area contributed by atoms with Crippen LogP contribution in [0.15, 0.2) is 0 Å². The third-order valence-corrected chi connectivity index (χ3v) is 2.18. The summed E-state index contributed by atoms with van der Waals surface area (Å²) in [6.45, 7) is 5.36. The topological polar surface area (TPSA) is 29.5 Å². The molecule has 0 unspecified atom stereocenters. The number of carbonyl (C=O) groups excluding carboxylic acids is 1. The number of morpholine rings is 1. The van der Waals surface area contributed by atoms with Crippen LogP contribution in [0.5, 0.6) is 0 Å². The van der Waals surface area contributed by atoms with Crippen molar-refractivity contribution in [3.63, 3.8) is 0 Å². The third-order valence-electron chi connectivity index (χ3n) is 1.91. The Balaban J connectivity index is 2.49. The molecular weight excluding hydrogens is 174 g/mol. The van der Waals surface area contributed by atoms with Crippen LogP contribution < -0.4 is 0 Å². The molecule has 4 heteroatoms. The largest absolute Gasteiger partial charge is 0.372 e. The number of amides is 1. The molecule has 1 heterocycles. The molecular formula is C8H15NO2S. The molecule has 0 bridgehead atoms. The molecule has 2 atom stereocenters. The van der Waals surface area contributed by atoms with Crippen LogP contribution in [0.4, 0.5) is 0 Å². The first-order valence-electron chi connectivity index (χ1n) is 4.17. The quantitative estimate of drug-likeness (QED) is 0.610. The summed E-state index contributed by atoms with van der Waals surface area (Å²) in [7, 11) is 0. The van der Waals surface area contributed by atoms with Crippen LogP contribution in [-0.2, 0) is 9.53 Å². The van der Waals surface area contributed by atoms with Crippen molar-refractivity contribution in [2.45, 2.75) is 26.1 Å². The van der Waals surface area contributed by atoms with E-state index in [9.17, 15) is 4.79 Å². The highest BCUT2D eigenvalue weighted by Gasteiger charge is 2.24. The number of thiol groups is 1. The lowest BCUT2D eigenvalue weighted by molar-refractivity contribution is -0.140. The average molecular weight is 189 g/mol. The maximum Gasteiger partial charge on any atom is 0.232 e. The highest BCUT2D eigenvalue weighted by molar-refractivity contribution is 7.81. The summed E-state index contributed by atoms with van der Waals surface area (Å²) in [5, 5.41) is 0. The van der Waals surface area contributed by atoms with Gasteiger partial charge in [-0.2, -0.15) is 12.6 Å². The van der Waals surface area contributed by atoms with Crippen molar-refractivity contribution in [3.8, 4) is 0 Å². The fourth-order valence-corrected chi connectivity index (χ4v) is 1.68. The number of carbonyl (C=O) groups is 1. The van der Waals surface area contributed by atoms with E-state index in [1.54, 1.807) is 0 Å². The van der Waals surface area contributed by atoms with Gasteiger partial charge in [-0.1, -0.05) is 0 Å². The monoisotopic (exact) mass is 189 g/mol. The van der Waals surface area contributed by atoms with Gasteiger partial charge in [0.25, 0.3) is 0 Å². The Kier molecular flexibility index (Phi) is 3.40. The Hall–Kier alpha value is -0.220. The molecule has 0 aliphatic carbocycles. The van der Waals surface area contributed by atoms with Crippen LogP contribution in [0, 0.1) is 0 Å². The van der Waals surface area contributed by atoms with Crippen molar-refractivity contribution in [1.82, 2.24) is 4.90 Å². The van der Waals surface area contributed by atoms with Crippen molar-refractivity contribution in [3.05, 3.63) is 0 Å². The Morgan fingerprint density at radius 3 is 2.42 bits per heavy atom. The summed E-state index contributed by atoms with van der Waals surface area (Å²) < 4.78 is 5.49. The molecule has 0 aromatic rings. The molecule has 1 aliphatic heterocycles. The van der Waals surface area contributed by atoms with Crippen molar-refractivity contribution < 1.29 is 9.53 Å². The smallest absolute Gasteiger partial charge is 0.232 e. The van der Waals surface area contributed by atoms with Gasteiger partial charge in [-0.25, -0.2) is 0 Å². The predicted molar refractivity (Wildman–Crippen MR) is 50.4 cm³/mol. The van der Waals surface area contributed by atoms with E-state index in [0.29, 0.717) is 18.8 Å². The molecule has 0 radical (unpaired) electrons. The predicted octanol–water partition coefficient (Wildman–Crippen LogP) is 0.552. The lowest BCUT2D eigenvalue weighted by Crippen LogP contribution is -2.48. The van der Waals surface area contributed by atoms with E-state index in [2.05, 4.69) is 12.6 Å². The van der Waals surface area contributed by atoms with Gasteiger partial charge in [-0.3, -0.25) is 4.79 Å². The number of hydrogen-bond acceptors (Lipinski definition) is 3. The standard InChI is InChI=1S/C8H15NO2S/c1-6-3-9(8(10)5-12)4-7(2)11-6/h6-7,12H,3-5H2,1-2H3/t6-,7-/m1/s1. The number of rotatable bonds is 1. The van der Waals surface area contributed by atoms with E-state index in [0.717, 1.165) is 0 Å². The Bertz CT molecular complexity index is 164. The van der Waals surface area contributed by atoms with Gasteiger partial charge in [0.2, 0.25) is 5.91 Å². The fourth-order valence-electron chi connectivity index (χ4n) is 1.48. The molecule has 1 amide bonds. The van der Waals surface area contributed by atoms with Crippen molar-refractivity contribution in [2.24, 2.45) is 0 Å². The molecule has 3 nitrogen and oxygen atoms in total. The van der Waals surface area contributed by atoms with Gasteiger partial charge in [0.05, 0.1) is 18.0 Å². The van der Waals surface area contributed by atoms with E-state index in [4.69, 9.17) is 4.74 Å². The molecule has 1 fully saturated rings. The van der Waals surface area contributed by atoms with E-state index < -0.39 is 0 Å². The SMILES string of the molecule is C[C@@H]1CN(C(=O)CS)C[C@@H](C)O1. The summed E-state index contributed by atoms with van der Waals surface area (Å²) >= 11 is 3.95. The number of nitrogens with zero attached hydrogens (tertiary/aromatic N) is 1. The zero-order chi connectivity index (χ0) is 9.14. The highest BCUT2D eigenvalue weighted by Crippen LogP contribution is 2.10. The molecule has 1 rings (SSSR count). The van der Waals surface area contributed by atoms with Crippen LogP contribution in [0.2, 0.25) is 0 Å². The molecule has 1 aliphatic rings. The van der Waals surface area contributed by atoms with Crippen LogP contribution >= 0.6 is 12.6 Å². The second-order valence-corrected chi connectivity index (χ2v) is 3.53. The molecule has 0 spiro atoms. The van der Waals surface area contributed by atoms with Gasteiger partial charge in [-0.15, -0.1) is 0 Å². The summed E-state index contributed by atoms with van der Waals surface area (Å²) in [6.07, 6.45) is 0.301. The molecule has 0 aromatic carbocycles. The summed E-state index contributed by atoms with van der Waals surface area (Å²) in [6, 6.07) is 0. The first kappa shape index (κ1) is 9.86. The minimum absolute atomic E-state index is 0.0975. The zero-order valence-corrected chi connectivity index (χ0v) is 8.38. The fraction of sp³-hybridized carbons (Fsp3) is 0.875. The molecule has 0 N–H and O–H groups in total. The summed E-state index contributed by atoms with van der Waals surface area (Å²) in [4.78, 5) is 13.1. The van der Waals surface area contributed by atoms with E-state index in [1.807, 2.05) is 18.7 Å². The van der Waals surface area contributed by atoms with Crippen LogP contribution in [0.3, 0.4) is 0 Å². The first-order chi connectivity index (χ1) is 5.63. The van der Waals surface area contributed by atoms with Gasteiger partial charge in [0.1, 0.15) is 0 Å². The van der Waals surface area contributed by atoms with E-state index in [1.165, 1.54) is 0 Å². The van der Waals surface area contributed by atoms with Crippen molar-refractivity contribution in [1.29, 1.82) is 0 Å². The third kappa shape index (κ3) is 2.38. The molecule has 1 saturated heterocycles. The summed E-state index contributed by atoms with van der Waals surface area (Å²) in [5.74, 6) is 0.389. The summed E-state index contributed by atoms with van der Waals surface area (Å²) in [5.41, 5.74) is 0. The average Bonchev–Trinajstić information content (AvgIpc) is 2.01. The Labute approximate surface area is 78.5 Å². The van der Waals surface area contributed by atoms with Crippen molar-refractivity contribution in [2.75, 3.05) is 18.8 Å². The second-order valence-electron chi connectivity index (χ2n) is 3.21. The van der Waals surface area contributed by atoms with Gasteiger partial charge < -0.3 is 9.64 Å². The Morgan fingerprint density at radius 2 is 2.00 bits per heavy atom. The highest BCUT2D eigenvalue weighted by atomic mass is 32.1. The molecule has 70 valence electrons. The molecule has 0 saturated carbocycles. The van der Waals surface area contributed by atoms with Gasteiger partial charge in [0, 0.05) is 13.1 Å². The molecule has 0 aromatic heterocycles.